The Morgan fingerprint density at radius 2 is 2.21 bits per heavy atom. The Balaban J connectivity index is 1.79. The zero-order chi connectivity index (χ0) is 13.7. The first-order valence-electron chi connectivity index (χ1n) is 6.60. The van der Waals surface area contributed by atoms with Crippen molar-refractivity contribution in [1.29, 1.82) is 0 Å². The molecule has 0 saturated carbocycles. The molecular weight excluding hydrogens is 308 g/mol. The molecule has 1 saturated heterocycles. The maximum absolute atomic E-state index is 5.30. The van der Waals surface area contributed by atoms with E-state index in [1.54, 1.807) is 6.20 Å². The van der Waals surface area contributed by atoms with Crippen LogP contribution in [0.2, 0.25) is 0 Å². The number of aromatic nitrogens is 2. The number of nitrogens with one attached hydrogen (secondary N) is 2. The summed E-state index contributed by atoms with van der Waals surface area (Å²) in [5, 5.41) is 3.34. The molecule has 0 atom stereocenters. The van der Waals surface area contributed by atoms with Crippen molar-refractivity contribution in [3.05, 3.63) is 10.7 Å². The molecule has 2 rings (SSSR count). The summed E-state index contributed by atoms with van der Waals surface area (Å²) in [4.78, 5) is 10.7. The average molecular weight is 329 g/mol. The standard InChI is InChI=1S/C12H21BrN6/c1-19-6-3-9(4-7-19)2-5-15-11-10(13)8-16-12(17-11)18-14/h8-9H,2-7,14H2,1H3,(H2,15,16,17,18). The van der Waals surface area contributed by atoms with Gasteiger partial charge in [0.25, 0.3) is 0 Å². The summed E-state index contributed by atoms with van der Waals surface area (Å²) in [5.41, 5.74) is 2.45. The zero-order valence-electron chi connectivity index (χ0n) is 11.2. The molecule has 0 aromatic carbocycles. The van der Waals surface area contributed by atoms with Crippen LogP contribution in [0.3, 0.4) is 0 Å². The van der Waals surface area contributed by atoms with Crippen molar-refractivity contribution in [2.24, 2.45) is 11.8 Å². The zero-order valence-corrected chi connectivity index (χ0v) is 12.8. The highest BCUT2D eigenvalue weighted by molar-refractivity contribution is 9.10. The molecule has 4 N–H and O–H groups in total. The van der Waals surface area contributed by atoms with Crippen molar-refractivity contribution in [2.45, 2.75) is 19.3 Å². The Morgan fingerprint density at radius 3 is 2.89 bits per heavy atom. The number of nitrogen functional groups attached to an aromatic ring is 1. The summed E-state index contributed by atoms with van der Waals surface area (Å²) in [7, 11) is 2.19. The fraction of sp³-hybridized carbons (Fsp3) is 0.667. The molecule has 0 bridgehead atoms. The van der Waals surface area contributed by atoms with E-state index in [9.17, 15) is 0 Å². The van der Waals surface area contributed by atoms with Crippen LogP contribution in [0.1, 0.15) is 19.3 Å². The second-order valence-electron chi connectivity index (χ2n) is 5.00. The van der Waals surface area contributed by atoms with Gasteiger partial charge in [0, 0.05) is 12.7 Å². The SMILES string of the molecule is CN1CCC(CCNc2nc(NN)ncc2Br)CC1. The van der Waals surface area contributed by atoms with Gasteiger partial charge in [-0.3, -0.25) is 5.43 Å². The summed E-state index contributed by atoms with van der Waals surface area (Å²) in [6.45, 7) is 3.35. The van der Waals surface area contributed by atoms with Gasteiger partial charge in [0.15, 0.2) is 0 Å². The van der Waals surface area contributed by atoms with E-state index < -0.39 is 0 Å². The summed E-state index contributed by atoms with van der Waals surface area (Å²) in [5.74, 6) is 7.33. The minimum atomic E-state index is 0.421. The van der Waals surface area contributed by atoms with Crippen LogP contribution in [0.4, 0.5) is 11.8 Å². The number of hydrogen-bond donors (Lipinski definition) is 3. The third-order valence-electron chi connectivity index (χ3n) is 3.56. The van der Waals surface area contributed by atoms with Crippen molar-refractivity contribution in [1.82, 2.24) is 14.9 Å². The van der Waals surface area contributed by atoms with E-state index in [1.165, 1.54) is 32.4 Å². The second-order valence-corrected chi connectivity index (χ2v) is 5.85. The smallest absolute Gasteiger partial charge is 0.239 e. The number of nitrogens with two attached hydrogens (primary N) is 1. The molecular formula is C12H21BrN6. The maximum atomic E-state index is 5.30. The van der Waals surface area contributed by atoms with Gasteiger partial charge in [0.05, 0.1) is 4.47 Å². The molecule has 0 unspecified atom stereocenters. The van der Waals surface area contributed by atoms with Crippen LogP contribution in [0.5, 0.6) is 0 Å². The Bertz CT molecular complexity index is 405. The molecule has 0 amide bonds. The molecule has 1 fully saturated rings. The molecule has 1 aromatic heterocycles. The largest absolute Gasteiger partial charge is 0.369 e. The molecule has 0 aliphatic carbocycles. The first kappa shape index (κ1) is 14.5. The Labute approximate surface area is 122 Å². The first-order valence-corrected chi connectivity index (χ1v) is 7.40. The van der Waals surface area contributed by atoms with Crippen LogP contribution >= 0.6 is 15.9 Å². The van der Waals surface area contributed by atoms with E-state index in [1.807, 2.05) is 0 Å². The summed E-state index contributed by atoms with van der Waals surface area (Å²) >= 11 is 3.43. The molecule has 7 heteroatoms. The van der Waals surface area contributed by atoms with E-state index in [0.29, 0.717) is 5.95 Å². The third-order valence-corrected chi connectivity index (χ3v) is 4.14. The molecule has 0 radical (unpaired) electrons. The number of hydrazine groups is 1. The highest BCUT2D eigenvalue weighted by Crippen LogP contribution is 2.22. The predicted molar refractivity (Wildman–Crippen MR) is 80.9 cm³/mol. The highest BCUT2D eigenvalue weighted by Gasteiger charge is 2.16. The van der Waals surface area contributed by atoms with Gasteiger partial charge in [-0.05, 0) is 61.2 Å². The van der Waals surface area contributed by atoms with Crippen molar-refractivity contribution in [2.75, 3.05) is 37.4 Å². The van der Waals surface area contributed by atoms with Crippen molar-refractivity contribution in [3.63, 3.8) is 0 Å². The Kier molecular flexibility index (Phi) is 5.35. The van der Waals surface area contributed by atoms with E-state index in [2.05, 4.69) is 48.6 Å². The second kappa shape index (κ2) is 7.02. The monoisotopic (exact) mass is 328 g/mol. The van der Waals surface area contributed by atoms with E-state index in [-0.39, 0.29) is 0 Å². The van der Waals surface area contributed by atoms with Crippen LogP contribution in [-0.2, 0) is 0 Å². The lowest BCUT2D eigenvalue weighted by Gasteiger charge is -2.28. The normalized spacial score (nSPS) is 17.4. The third kappa shape index (κ3) is 4.29. The van der Waals surface area contributed by atoms with Crippen LogP contribution in [-0.4, -0.2) is 41.5 Å². The number of anilines is 2. The minimum Gasteiger partial charge on any atom is -0.369 e. The minimum absolute atomic E-state index is 0.421. The van der Waals surface area contributed by atoms with Crippen molar-refractivity contribution in [3.8, 4) is 0 Å². The quantitative estimate of drug-likeness (QED) is 0.563. The van der Waals surface area contributed by atoms with E-state index in [0.717, 1.165) is 22.8 Å². The Morgan fingerprint density at radius 1 is 1.47 bits per heavy atom. The van der Waals surface area contributed by atoms with Gasteiger partial charge in [0.2, 0.25) is 5.95 Å². The molecule has 1 aliphatic rings. The summed E-state index contributed by atoms with van der Waals surface area (Å²) in [6.07, 6.45) is 5.45. The Hall–Kier alpha value is -0.920. The summed E-state index contributed by atoms with van der Waals surface area (Å²) in [6, 6.07) is 0. The lowest BCUT2D eigenvalue weighted by Crippen LogP contribution is -2.30. The molecule has 1 aromatic rings. The van der Waals surface area contributed by atoms with Gasteiger partial charge >= 0.3 is 0 Å². The lowest BCUT2D eigenvalue weighted by atomic mass is 9.94. The van der Waals surface area contributed by atoms with Crippen molar-refractivity contribution < 1.29 is 0 Å². The molecule has 2 heterocycles. The van der Waals surface area contributed by atoms with Gasteiger partial charge in [-0.1, -0.05) is 0 Å². The fourth-order valence-corrected chi connectivity index (χ4v) is 2.64. The van der Waals surface area contributed by atoms with Crippen LogP contribution in [0, 0.1) is 5.92 Å². The number of halogens is 1. The molecule has 106 valence electrons. The predicted octanol–water partition coefficient (Wildman–Crippen LogP) is 1.67. The fourth-order valence-electron chi connectivity index (χ4n) is 2.31. The van der Waals surface area contributed by atoms with Crippen LogP contribution in [0.25, 0.3) is 0 Å². The van der Waals surface area contributed by atoms with E-state index in [4.69, 9.17) is 5.84 Å². The van der Waals surface area contributed by atoms with Gasteiger partial charge in [0.1, 0.15) is 5.82 Å². The highest BCUT2D eigenvalue weighted by atomic mass is 79.9. The van der Waals surface area contributed by atoms with Gasteiger partial charge in [-0.25, -0.2) is 10.8 Å². The molecule has 0 spiro atoms. The number of nitrogens with zero attached hydrogens (tertiary/aromatic N) is 3. The lowest BCUT2D eigenvalue weighted by molar-refractivity contribution is 0.215. The molecule has 1 aliphatic heterocycles. The van der Waals surface area contributed by atoms with Crippen LogP contribution < -0.4 is 16.6 Å². The number of piperidine rings is 1. The van der Waals surface area contributed by atoms with E-state index >= 15 is 0 Å². The number of likely N-dealkylation sites (tertiary alicyclic amines) is 1. The average Bonchev–Trinajstić information content (AvgIpc) is 2.43. The van der Waals surface area contributed by atoms with Crippen molar-refractivity contribution >= 4 is 27.7 Å². The van der Waals surface area contributed by atoms with Gasteiger partial charge in [-0.2, -0.15) is 4.98 Å². The molecule has 19 heavy (non-hydrogen) atoms. The van der Waals surface area contributed by atoms with Gasteiger partial charge in [-0.15, -0.1) is 0 Å². The number of hydrogen-bond acceptors (Lipinski definition) is 6. The van der Waals surface area contributed by atoms with Crippen LogP contribution in [0.15, 0.2) is 10.7 Å². The number of rotatable bonds is 5. The first-order chi connectivity index (χ1) is 9.19. The maximum Gasteiger partial charge on any atom is 0.239 e. The van der Waals surface area contributed by atoms with Gasteiger partial charge < -0.3 is 10.2 Å². The topological polar surface area (TPSA) is 79.1 Å². The summed E-state index contributed by atoms with van der Waals surface area (Å²) < 4.78 is 0.856. The molecule has 6 nitrogen and oxygen atoms in total.